The van der Waals surface area contributed by atoms with E-state index in [0.29, 0.717) is 12.0 Å². The minimum absolute atomic E-state index is 0.444. The van der Waals surface area contributed by atoms with E-state index in [9.17, 15) is 0 Å². The summed E-state index contributed by atoms with van der Waals surface area (Å²) >= 11 is 0. The van der Waals surface area contributed by atoms with E-state index >= 15 is 0 Å². The van der Waals surface area contributed by atoms with E-state index < -0.39 is 0 Å². The van der Waals surface area contributed by atoms with Crippen molar-refractivity contribution in [3.63, 3.8) is 0 Å². The van der Waals surface area contributed by atoms with Gasteiger partial charge >= 0.3 is 0 Å². The number of hydrogen-bond acceptors (Lipinski definition) is 3. The van der Waals surface area contributed by atoms with Crippen molar-refractivity contribution >= 4 is 0 Å². The number of hydrogen-bond donors (Lipinski definition) is 1. The van der Waals surface area contributed by atoms with Gasteiger partial charge in [-0.1, -0.05) is 13.3 Å². The van der Waals surface area contributed by atoms with E-state index in [-0.39, 0.29) is 0 Å². The maximum absolute atomic E-state index is 5.98. The molecule has 1 aliphatic rings. The molecule has 2 atom stereocenters. The molecular formula is C13H24N4. The molecule has 0 aliphatic carbocycles. The molecule has 17 heavy (non-hydrogen) atoms. The Kier molecular flexibility index (Phi) is 4.18. The van der Waals surface area contributed by atoms with Crippen LogP contribution in [0.4, 0.5) is 0 Å². The molecule has 0 saturated carbocycles. The zero-order chi connectivity index (χ0) is 12.3. The van der Waals surface area contributed by atoms with Crippen LogP contribution in [0.25, 0.3) is 0 Å². The molecular weight excluding hydrogens is 212 g/mol. The highest BCUT2D eigenvalue weighted by atomic mass is 15.3. The van der Waals surface area contributed by atoms with Crippen molar-refractivity contribution in [3.05, 3.63) is 18.0 Å². The van der Waals surface area contributed by atoms with Gasteiger partial charge in [0.2, 0.25) is 0 Å². The van der Waals surface area contributed by atoms with Gasteiger partial charge < -0.3 is 5.73 Å². The van der Waals surface area contributed by atoms with E-state index in [4.69, 9.17) is 5.73 Å². The smallest absolute Gasteiger partial charge is 0.0557 e. The highest BCUT2D eigenvalue weighted by Crippen LogP contribution is 2.33. The SMILES string of the molecule is CCN1CCCCC(CN)C1c1ccnn1C. The summed E-state index contributed by atoms with van der Waals surface area (Å²) in [6, 6.07) is 2.58. The first-order chi connectivity index (χ1) is 8.27. The Bertz CT molecular complexity index is 333. The van der Waals surface area contributed by atoms with Crippen LogP contribution in [0.3, 0.4) is 0 Å². The summed E-state index contributed by atoms with van der Waals surface area (Å²) in [5.74, 6) is 0.563. The number of nitrogens with two attached hydrogens (primary N) is 1. The van der Waals surface area contributed by atoms with Crippen LogP contribution >= 0.6 is 0 Å². The lowest BCUT2D eigenvalue weighted by Gasteiger charge is -2.33. The topological polar surface area (TPSA) is 47.1 Å². The first-order valence-corrected chi connectivity index (χ1v) is 6.70. The van der Waals surface area contributed by atoms with Gasteiger partial charge in [-0.3, -0.25) is 9.58 Å². The summed E-state index contributed by atoms with van der Waals surface area (Å²) in [6.07, 6.45) is 5.72. The van der Waals surface area contributed by atoms with Crippen molar-refractivity contribution in [2.75, 3.05) is 19.6 Å². The standard InChI is InChI=1S/C13H24N4/c1-3-17-9-5-4-6-11(10-14)13(17)12-7-8-15-16(12)2/h7-8,11,13H,3-6,9-10,14H2,1-2H3. The van der Waals surface area contributed by atoms with Crippen LogP contribution in [0, 0.1) is 5.92 Å². The number of likely N-dealkylation sites (tertiary alicyclic amines) is 1. The second kappa shape index (κ2) is 5.65. The van der Waals surface area contributed by atoms with Crippen molar-refractivity contribution in [2.45, 2.75) is 32.2 Å². The van der Waals surface area contributed by atoms with Crippen molar-refractivity contribution < 1.29 is 0 Å². The van der Waals surface area contributed by atoms with Crippen molar-refractivity contribution in [1.29, 1.82) is 0 Å². The fourth-order valence-corrected chi connectivity index (χ4v) is 3.02. The molecule has 4 heteroatoms. The van der Waals surface area contributed by atoms with Gasteiger partial charge in [-0.15, -0.1) is 0 Å². The molecule has 2 N–H and O–H groups in total. The third-order valence-electron chi connectivity index (χ3n) is 3.98. The predicted octanol–water partition coefficient (Wildman–Crippen LogP) is 1.54. The predicted molar refractivity (Wildman–Crippen MR) is 69.6 cm³/mol. The lowest BCUT2D eigenvalue weighted by molar-refractivity contribution is 0.158. The fourth-order valence-electron chi connectivity index (χ4n) is 3.02. The molecule has 1 fully saturated rings. The minimum atomic E-state index is 0.444. The Hall–Kier alpha value is -0.870. The third kappa shape index (κ3) is 2.53. The van der Waals surface area contributed by atoms with E-state index in [1.165, 1.54) is 31.5 Å². The Morgan fingerprint density at radius 3 is 2.88 bits per heavy atom. The van der Waals surface area contributed by atoms with Gasteiger partial charge in [0.05, 0.1) is 11.7 Å². The quantitative estimate of drug-likeness (QED) is 0.866. The Morgan fingerprint density at radius 2 is 2.29 bits per heavy atom. The number of rotatable bonds is 3. The molecule has 0 aromatic carbocycles. The summed E-state index contributed by atoms with van der Waals surface area (Å²) < 4.78 is 2.00. The molecule has 1 aromatic rings. The monoisotopic (exact) mass is 236 g/mol. The van der Waals surface area contributed by atoms with E-state index in [2.05, 4.69) is 23.0 Å². The van der Waals surface area contributed by atoms with Crippen LogP contribution in [0.2, 0.25) is 0 Å². The number of aryl methyl sites for hydroxylation is 1. The zero-order valence-corrected chi connectivity index (χ0v) is 11.0. The van der Waals surface area contributed by atoms with Gasteiger partial charge in [0.1, 0.15) is 0 Å². The first kappa shape index (κ1) is 12.6. The molecule has 0 bridgehead atoms. The summed E-state index contributed by atoms with van der Waals surface area (Å²) in [6.45, 7) is 5.28. The van der Waals surface area contributed by atoms with Crippen molar-refractivity contribution in [1.82, 2.24) is 14.7 Å². The van der Waals surface area contributed by atoms with Crippen molar-refractivity contribution in [3.8, 4) is 0 Å². The highest BCUT2D eigenvalue weighted by Gasteiger charge is 2.31. The maximum Gasteiger partial charge on any atom is 0.0557 e. The van der Waals surface area contributed by atoms with Gasteiger partial charge in [0.25, 0.3) is 0 Å². The first-order valence-electron chi connectivity index (χ1n) is 6.70. The maximum atomic E-state index is 5.98. The lowest BCUT2D eigenvalue weighted by atomic mass is 9.92. The summed E-state index contributed by atoms with van der Waals surface area (Å²) in [5, 5.41) is 4.31. The molecule has 0 amide bonds. The van der Waals surface area contributed by atoms with Crippen molar-refractivity contribution in [2.24, 2.45) is 18.7 Å². The number of nitrogens with zero attached hydrogens (tertiary/aromatic N) is 3. The molecule has 1 aromatic heterocycles. The largest absolute Gasteiger partial charge is 0.330 e. The van der Waals surface area contributed by atoms with Gasteiger partial charge in [-0.25, -0.2) is 0 Å². The van der Waals surface area contributed by atoms with Gasteiger partial charge in [-0.2, -0.15) is 5.10 Å². The lowest BCUT2D eigenvalue weighted by Crippen LogP contribution is -2.36. The minimum Gasteiger partial charge on any atom is -0.330 e. The number of aromatic nitrogens is 2. The van der Waals surface area contributed by atoms with Gasteiger partial charge in [-0.05, 0) is 44.5 Å². The average Bonchev–Trinajstić information content (AvgIpc) is 2.65. The molecule has 2 rings (SSSR count). The Balaban J connectivity index is 2.31. The molecule has 4 nitrogen and oxygen atoms in total. The molecule has 1 aliphatic heterocycles. The molecule has 2 unspecified atom stereocenters. The second-order valence-electron chi connectivity index (χ2n) is 4.94. The molecule has 96 valence electrons. The van der Waals surface area contributed by atoms with Crippen LogP contribution in [0.1, 0.15) is 37.9 Å². The Labute approximate surface area is 104 Å². The summed E-state index contributed by atoms with van der Waals surface area (Å²) in [5.41, 5.74) is 7.29. The summed E-state index contributed by atoms with van der Waals surface area (Å²) in [7, 11) is 2.03. The van der Waals surface area contributed by atoms with E-state index in [1.54, 1.807) is 0 Å². The second-order valence-corrected chi connectivity index (χ2v) is 4.94. The molecule has 2 heterocycles. The van der Waals surface area contributed by atoms with Crippen LogP contribution in [0.5, 0.6) is 0 Å². The average molecular weight is 236 g/mol. The molecule has 1 saturated heterocycles. The van der Waals surface area contributed by atoms with Gasteiger partial charge in [0, 0.05) is 13.2 Å². The highest BCUT2D eigenvalue weighted by molar-refractivity contribution is 5.09. The van der Waals surface area contributed by atoms with Crippen LogP contribution in [0.15, 0.2) is 12.3 Å². The van der Waals surface area contributed by atoms with Crippen LogP contribution < -0.4 is 5.73 Å². The molecule has 0 spiro atoms. The van der Waals surface area contributed by atoms with Crippen LogP contribution in [-0.4, -0.2) is 34.3 Å². The normalized spacial score (nSPS) is 27.0. The van der Waals surface area contributed by atoms with Gasteiger partial charge in [0.15, 0.2) is 0 Å². The zero-order valence-electron chi connectivity index (χ0n) is 11.0. The van der Waals surface area contributed by atoms with E-state index in [0.717, 1.165) is 13.1 Å². The molecule has 0 radical (unpaired) electrons. The third-order valence-corrected chi connectivity index (χ3v) is 3.98. The van der Waals surface area contributed by atoms with Crippen LogP contribution in [-0.2, 0) is 7.05 Å². The Morgan fingerprint density at radius 1 is 1.47 bits per heavy atom. The van der Waals surface area contributed by atoms with E-state index in [1.807, 2.05) is 17.9 Å². The fraction of sp³-hybridized carbons (Fsp3) is 0.769. The summed E-state index contributed by atoms with van der Waals surface area (Å²) in [4.78, 5) is 2.56.